The number of nitrogens with zero attached hydrogens (tertiary/aromatic N) is 1. The summed E-state index contributed by atoms with van der Waals surface area (Å²) in [5.41, 5.74) is 10.4. The number of rotatable bonds is 10. The topological polar surface area (TPSA) is 138 Å². The second kappa shape index (κ2) is 13.7. The molecule has 3 saturated carbocycles. The Morgan fingerprint density at radius 2 is 1.70 bits per heavy atom. The maximum absolute atomic E-state index is 15.7. The lowest BCUT2D eigenvalue weighted by Gasteiger charge is -2.63. The maximum atomic E-state index is 15.7. The highest BCUT2D eigenvalue weighted by molar-refractivity contribution is 6.23. The number of aromatic hydroxyl groups is 1. The largest absolute Gasteiger partial charge is 0.506 e. The lowest BCUT2D eigenvalue weighted by molar-refractivity contribution is -0.181. The number of methoxy groups -OCH3 is 1. The fraction of sp³-hybridized carbons (Fsp3) is 0.460. The number of ketones is 2. The van der Waals surface area contributed by atoms with Crippen molar-refractivity contribution in [2.24, 2.45) is 23.5 Å². The molecule has 4 aliphatic heterocycles. The smallest absolute Gasteiger partial charge is 0.333 e. The first-order chi connectivity index (χ1) is 28.5. The van der Waals surface area contributed by atoms with Crippen molar-refractivity contribution in [3.05, 3.63) is 104 Å². The summed E-state index contributed by atoms with van der Waals surface area (Å²) in [6.45, 7) is 16.6. The first kappa shape index (κ1) is 40.2. The minimum atomic E-state index is -1.60. The first-order valence-electron chi connectivity index (χ1n) is 21.3. The van der Waals surface area contributed by atoms with E-state index >= 15 is 4.79 Å². The van der Waals surface area contributed by atoms with Crippen LogP contribution < -0.4 is 15.2 Å². The lowest BCUT2D eigenvalue weighted by Crippen LogP contribution is -2.75. The second-order valence-corrected chi connectivity index (χ2v) is 18.9. The summed E-state index contributed by atoms with van der Waals surface area (Å²) < 4.78 is 27.2. The van der Waals surface area contributed by atoms with Crippen LogP contribution in [0.2, 0.25) is 0 Å². The van der Waals surface area contributed by atoms with Gasteiger partial charge >= 0.3 is 5.97 Å². The predicted octanol–water partition coefficient (Wildman–Crippen LogP) is 8.43. The quantitative estimate of drug-likeness (QED) is 0.137. The van der Waals surface area contributed by atoms with E-state index in [0.717, 1.165) is 34.4 Å². The normalized spacial score (nSPS) is 29.6. The highest BCUT2D eigenvalue weighted by Crippen LogP contribution is 2.75. The number of hydrogen-bond acceptors (Lipinski definition) is 10. The molecule has 8 aliphatic rings. The van der Waals surface area contributed by atoms with E-state index in [4.69, 9.17) is 24.7 Å². The molecule has 1 saturated heterocycles. The molecule has 60 heavy (non-hydrogen) atoms. The molecule has 6 unspecified atom stereocenters. The number of phenolic OH excluding ortho intramolecular Hbond substituents is 1. The van der Waals surface area contributed by atoms with Crippen LogP contribution in [0.1, 0.15) is 114 Å². The molecule has 2 aromatic carbocycles. The van der Waals surface area contributed by atoms with Crippen molar-refractivity contribution < 1.29 is 38.4 Å². The fourth-order valence-electron chi connectivity index (χ4n) is 11.6. The minimum absolute atomic E-state index is 0.000825. The SMILES string of the molecule is COC(=O)C(C)=CCC12OC(C)(C)C3CC(C1=O)C1C4=C(c5ccccc5C4=O)N(CCN)C4=C1C32Oc1c(CC=C(C)C)c2c(c(O)c14)C=CC(C)(CCC=C(C)C)O2. The first-order valence-corrected chi connectivity index (χ1v) is 21.3. The van der Waals surface area contributed by atoms with Gasteiger partial charge in [0.25, 0.3) is 0 Å². The number of Topliss-reactive ketones (excluding diaryl/α,β-unsaturated/α-hetero) is 2. The van der Waals surface area contributed by atoms with E-state index in [9.17, 15) is 14.7 Å². The third-order valence-electron chi connectivity index (χ3n) is 14.2. The predicted molar refractivity (Wildman–Crippen MR) is 230 cm³/mol. The average Bonchev–Trinajstić information content (AvgIpc) is 3.57. The summed E-state index contributed by atoms with van der Waals surface area (Å²) in [7, 11) is 1.33. The zero-order chi connectivity index (χ0) is 42.8. The molecule has 3 N–H and O–H groups in total. The van der Waals surface area contributed by atoms with Gasteiger partial charge in [-0.1, -0.05) is 53.6 Å². The standard InChI is InChI=1S/C50H56N2O8/c1-26(2)13-12-20-48(8)21-19-31-42(54)37-40-38-35(36-39(52(40)24-23-51)29-14-10-11-15-30(29)41(36)53)33-25-34-47(6,7)60-49(45(33)55,22-18-28(5)46(56)57-9)50(34,38)59-44(37)32(43(31)58-48)17-16-27(3)4/h10-11,13-16,18-19,21,33-35,54H,12,17,20,22-25,51H2,1-9H3. The molecule has 4 fully saturated rings. The minimum Gasteiger partial charge on any atom is -0.506 e. The molecule has 2 aromatic rings. The highest BCUT2D eigenvalue weighted by Gasteiger charge is 2.84. The number of hydrogen-bond donors (Lipinski definition) is 2. The van der Waals surface area contributed by atoms with Gasteiger partial charge < -0.3 is 34.7 Å². The van der Waals surface area contributed by atoms with Crippen molar-refractivity contribution in [3.8, 4) is 17.2 Å². The molecular formula is C50H56N2O8. The van der Waals surface area contributed by atoms with E-state index < -0.39 is 40.2 Å². The Kier molecular flexibility index (Phi) is 9.16. The summed E-state index contributed by atoms with van der Waals surface area (Å²) in [6.07, 6.45) is 12.4. The molecule has 4 bridgehead atoms. The van der Waals surface area contributed by atoms with Gasteiger partial charge in [0.15, 0.2) is 22.8 Å². The van der Waals surface area contributed by atoms with Gasteiger partial charge in [0.1, 0.15) is 22.8 Å². The third kappa shape index (κ3) is 5.28. The number of carbonyl (C=O) groups is 3. The van der Waals surface area contributed by atoms with Crippen LogP contribution in [0.3, 0.4) is 0 Å². The number of ether oxygens (including phenoxy) is 4. The van der Waals surface area contributed by atoms with Gasteiger partial charge in [0.2, 0.25) is 0 Å². The Bertz CT molecular complexity index is 2490. The monoisotopic (exact) mass is 812 g/mol. The Morgan fingerprint density at radius 3 is 2.38 bits per heavy atom. The Morgan fingerprint density at radius 1 is 0.983 bits per heavy atom. The Hall–Kier alpha value is -5.19. The molecule has 314 valence electrons. The van der Waals surface area contributed by atoms with Crippen molar-refractivity contribution in [3.63, 3.8) is 0 Å². The molecule has 0 radical (unpaired) electrons. The molecule has 10 nitrogen and oxygen atoms in total. The van der Waals surface area contributed by atoms with Crippen molar-refractivity contribution >= 4 is 35.0 Å². The van der Waals surface area contributed by atoms with E-state index in [2.05, 4.69) is 37.8 Å². The number of allylic oxidation sites excluding steroid dienone is 5. The number of carbonyl (C=O) groups excluding carboxylic acids is 3. The summed E-state index contributed by atoms with van der Waals surface area (Å²) in [5.74, 6) is -1.49. The van der Waals surface area contributed by atoms with Crippen LogP contribution in [0, 0.1) is 17.8 Å². The van der Waals surface area contributed by atoms with Gasteiger partial charge in [0.05, 0.1) is 35.2 Å². The molecule has 0 aromatic heterocycles. The second-order valence-electron chi connectivity index (χ2n) is 18.9. The van der Waals surface area contributed by atoms with E-state index in [1.807, 2.05) is 64.1 Å². The maximum Gasteiger partial charge on any atom is 0.333 e. The highest BCUT2D eigenvalue weighted by atomic mass is 16.6. The molecule has 10 rings (SSSR count). The van der Waals surface area contributed by atoms with E-state index in [0.29, 0.717) is 70.8 Å². The Balaban J connectivity index is 1.39. The van der Waals surface area contributed by atoms with Crippen LogP contribution in [-0.4, -0.2) is 70.1 Å². The Labute approximate surface area is 352 Å². The molecule has 4 aliphatic carbocycles. The van der Waals surface area contributed by atoms with Crippen LogP contribution in [-0.2, 0) is 25.5 Å². The lowest BCUT2D eigenvalue weighted by atomic mass is 9.44. The summed E-state index contributed by atoms with van der Waals surface area (Å²) >= 11 is 0. The average molecular weight is 813 g/mol. The molecule has 4 heterocycles. The number of esters is 1. The third-order valence-corrected chi connectivity index (χ3v) is 14.2. The van der Waals surface area contributed by atoms with Gasteiger partial charge in [-0.25, -0.2) is 4.79 Å². The van der Waals surface area contributed by atoms with Crippen LogP contribution in [0.4, 0.5) is 0 Å². The molecule has 10 heteroatoms. The van der Waals surface area contributed by atoms with Crippen LogP contribution >= 0.6 is 0 Å². The van der Waals surface area contributed by atoms with Crippen molar-refractivity contribution in [1.29, 1.82) is 0 Å². The van der Waals surface area contributed by atoms with Gasteiger partial charge in [-0.2, -0.15) is 0 Å². The number of nitrogens with two attached hydrogens (primary N) is 1. The molecule has 1 spiro atoms. The molecule has 0 amide bonds. The van der Waals surface area contributed by atoms with Gasteiger partial charge in [0, 0.05) is 70.7 Å². The van der Waals surface area contributed by atoms with Gasteiger partial charge in [-0.3, -0.25) is 9.59 Å². The molecular weight excluding hydrogens is 757 g/mol. The van der Waals surface area contributed by atoms with Crippen LogP contribution in [0.5, 0.6) is 17.2 Å². The van der Waals surface area contributed by atoms with Crippen molar-refractivity contribution in [2.75, 3.05) is 20.2 Å². The van der Waals surface area contributed by atoms with E-state index in [1.165, 1.54) is 12.7 Å². The van der Waals surface area contributed by atoms with Gasteiger partial charge in [-0.15, -0.1) is 0 Å². The zero-order valence-electron chi connectivity index (χ0n) is 36.2. The molecule has 6 atom stereocenters. The number of fused-ring (bicyclic) bond motifs is 5. The number of benzene rings is 2. The number of phenols is 1. The van der Waals surface area contributed by atoms with Crippen molar-refractivity contribution in [2.45, 2.75) is 110 Å². The van der Waals surface area contributed by atoms with E-state index in [-0.39, 0.29) is 36.2 Å². The van der Waals surface area contributed by atoms with Gasteiger partial charge in [-0.05, 0) is 93.2 Å². The van der Waals surface area contributed by atoms with Crippen LogP contribution in [0.15, 0.2) is 76.4 Å². The summed E-state index contributed by atoms with van der Waals surface area (Å²) in [4.78, 5) is 45.6. The zero-order valence-corrected chi connectivity index (χ0v) is 36.2. The van der Waals surface area contributed by atoms with Crippen molar-refractivity contribution in [1.82, 2.24) is 4.90 Å². The summed E-state index contributed by atoms with van der Waals surface area (Å²) in [6, 6.07) is 7.59. The fourth-order valence-corrected chi connectivity index (χ4v) is 11.6. The summed E-state index contributed by atoms with van der Waals surface area (Å²) in [5, 5.41) is 12.9. The van der Waals surface area contributed by atoms with E-state index in [1.54, 1.807) is 13.0 Å². The van der Waals surface area contributed by atoms with Crippen LogP contribution in [0.25, 0.3) is 17.5 Å².